The van der Waals surface area contributed by atoms with Gasteiger partial charge in [-0.25, -0.2) is 13.6 Å². The summed E-state index contributed by atoms with van der Waals surface area (Å²) >= 11 is 0. The largest absolute Gasteiger partial charge is 0.306 e. The lowest BCUT2D eigenvalue weighted by atomic mass is 9.84. The number of hydrogen-bond donors (Lipinski definition) is 1. The number of rotatable bonds is 4. The topological polar surface area (TPSA) is 63.4 Å². The van der Waals surface area contributed by atoms with Gasteiger partial charge in [-0.15, -0.1) is 0 Å². The minimum atomic E-state index is -3.45. The lowest BCUT2D eigenvalue weighted by Gasteiger charge is -2.33. The summed E-state index contributed by atoms with van der Waals surface area (Å²) in [5.74, 6) is 0.124. The van der Waals surface area contributed by atoms with Gasteiger partial charge in [0.05, 0.1) is 5.25 Å². The lowest BCUT2D eigenvalue weighted by Crippen LogP contribution is -2.42. The van der Waals surface area contributed by atoms with Gasteiger partial charge in [-0.2, -0.15) is 0 Å². The Labute approximate surface area is 105 Å². The van der Waals surface area contributed by atoms with Gasteiger partial charge in [0.25, 0.3) is 0 Å². The van der Waals surface area contributed by atoms with Gasteiger partial charge in [-0.3, -0.25) is 0 Å². The second-order valence-corrected chi connectivity index (χ2v) is 6.99. The van der Waals surface area contributed by atoms with Crippen molar-refractivity contribution in [3.8, 4) is 0 Å². The smallest absolute Gasteiger partial charge is 0.212 e. The highest BCUT2D eigenvalue weighted by Crippen LogP contribution is 2.33. The fourth-order valence-corrected chi connectivity index (χ4v) is 3.64. The molecule has 0 amide bonds. The second kappa shape index (κ2) is 5.50. The number of allylic oxidation sites excluding steroid dienone is 2. The quantitative estimate of drug-likeness (QED) is 0.776. The van der Waals surface area contributed by atoms with Crippen molar-refractivity contribution in [2.45, 2.75) is 38.9 Å². The standard InChI is InChI=1S/C12H24N2O2S/c1-5-14(4)8-11-6-9(2)10(3)7-12(11)17(13,15)16/h11-12H,5-8H2,1-4H3,(H2,13,15,16). The third-order valence-corrected chi connectivity index (χ3v) is 5.23. The summed E-state index contributed by atoms with van der Waals surface area (Å²) in [6.45, 7) is 7.89. The summed E-state index contributed by atoms with van der Waals surface area (Å²) in [5.41, 5.74) is 2.50. The van der Waals surface area contributed by atoms with E-state index < -0.39 is 15.3 Å². The Morgan fingerprint density at radius 3 is 2.29 bits per heavy atom. The SMILES string of the molecule is CCN(C)CC1CC(C)=C(C)CC1S(N)(=O)=O. The van der Waals surface area contributed by atoms with Crippen LogP contribution in [0.5, 0.6) is 0 Å². The maximum Gasteiger partial charge on any atom is 0.212 e. The zero-order valence-corrected chi connectivity index (χ0v) is 12.0. The maximum atomic E-state index is 11.7. The van der Waals surface area contributed by atoms with Crippen LogP contribution in [-0.4, -0.2) is 38.7 Å². The Kier molecular flexibility index (Phi) is 4.75. The Morgan fingerprint density at radius 2 is 1.82 bits per heavy atom. The molecular formula is C12H24N2O2S. The summed E-state index contributed by atoms with van der Waals surface area (Å²) in [6, 6.07) is 0. The Hall–Kier alpha value is -0.390. The molecule has 0 aromatic carbocycles. The van der Waals surface area contributed by atoms with E-state index in [1.165, 1.54) is 11.1 Å². The molecule has 0 radical (unpaired) electrons. The average molecular weight is 260 g/mol. The fraction of sp³-hybridized carbons (Fsp3) is 0.833. The molecule has 2 N–H and O–H groups in total. The van der Waals surface area contributed by atoms with Crippen molar-refractivity contribution in [3.05, 3.63) is 11.1 Å². The van der Waals surface area contributed by atoms with Crippen LogP contribution in [0, 0.1) is 5.92 Å². The van der Waals surface area contributed by atoms with Gasteiger partial charge in [0.15, 0.2) is 0 Å². The van der Waals surface area contributed by atoms with Crippen LogP contribution in [0.15, 0.2) is 11.1 Å². The van der Waals surface area contributed by atoms with Crippen LogP contribution in [0.25, 0.3) is 0 Å². The summed E-state index contributed by atoms with van der Waals surface area (Å²) < 4.78 is 23.3. The van der Waals surface area contributed by atoms with E-state index >= 15 is 0 Å². The highest BCUT2D eigenvalue weighted by atomic mass is 32.2. The molecule has 0 spiro atoms. The van der Waals surface area contributed by atoms with E-state index in [0.29, 0.717) is 6.42 Å². The van der Waals surface area contributed by atoms with Crippen molar-refractivity contribution in [3.63, 3.8) is 0 Å². The van der Waals surface area contributed by atoms with Gasteiger partial charge in [0, 0.05) is 6.54 Å². The molecule has 1 rings (SSSR count). The van der Waals surface area contributed by atoms with E-state index in [1.54, 1.807) is 0 Å². The molecule has 0 saturated heterocycles. The first-order valence-electron chi connectivity index (χ1n) is 6.11. The summed E-state index contributed by atoms with van der Waals surface area (Å²) in [5, 5.41) is 4.94. The molecule has 0 heterocycles. The molecule has 0 aromatic heterocycles. The van der Waals surface area contributed by atoms with Crippen LogP contribution in [0.3, 0.4) is 0 Å². The fourth-order valence-electron chi connectivity index (χ4n) is 2.44. The highest BCUT2D eigenvalue weighted by Gasteiger charge is 2.35. The molecule has 2 unspecified atom stereocenters. The van der Waals surface area contributed by atoms with Crippen molar-refractivity contribution >= 4 is 10.0 Å². The van der Waals surface area contributed by atoms with Crippen LogP contribution in [0.2, 0.25) is 0 Å². The number of hydrogen-bond acceptors (Lipinski definition) is 3. The molecule has 0 fully saturated rings. The monoisotopic (exact) mass is 260 g/mol. The van der Waals surface area contributed by atoms with Crippen molar-refractivity contribution in [1.29, 1.82) is 0 Å². The molecule has 0 bridgehead atoms. The van der Waals surface area contributed by atoms with Gasteiger partial charge < -0.3 is 4.90 Å². The Morgan fingerprint density at radius 1 is 1.29 bits per heavy atom. The first-order chi connectivity index (χ1) is 7.75. The normalized spacial score (nSPS) is 26.7. The van der Waals surface area contributed by atoms with Gasteiger partial charge in [0.1, 0.15) is 0 Å². The zero-order valence-electron chi connectivity index (χ0n) is 11.2. The summed E-state index contributed by atoms with van der Waals surface area (Å²) in [6.07, 6.45) is 1.43. The lowest BCUT2D eigenvalue weighted by molar-refractivity contribution is 0.271. The molecule has 100 valence electrons. The molecule has 1 aliphatic rings. The maximum absolute atomic E-state index is 11.7. The van der Waals surface area contributed by atoms with Gasteiger partial charge in [-0.05, 0) is 46.2 Å². The van der Waals surface area contributed by atoms with Crippen molar-refractivity contribution < 1.29 is 8.42 Å². The van der Waals surface area contributed by atoms with E-state index in [4.69, 9.17) is 5.14 Å². The molecular weight excluding hydrogens is 236 g/mol. The van der Waals surface area contributed by atoms with Crippen molar-refractivity contribution in [2.75, 3.05) is 20.1 Å². The van der Waals surface area contributed by atoms with Gasteiger partial charge in [-0.1, -0.05) is 18.1 Å². The number of sulfonamides is 1. The zero-order chi connectivity index (χ0) is 13.2. The predicted octanol–water partition coefficient (Wildman–Crippen LogP) is 1.34. The first kappa shape index (κ1) is 14.7. The van der Waals surface area contributed by atoms with Crippen LogP contribution in [0.4, 0.5) is 0 Å². The molecule has 0 aliphatic heterocycles. The van der Waals surface area contributed by atoms with E-state index in [9.17, 15) is 8.42 Å². The van der Waals surface area contributed by atoms with Gasteiger partial charge in [0.2, 0.25) is 10.0 Å². The third-order valence-electron chi connectivity index (χ3n) is 3.84. The van der Waals surface area contributed by atoms with Crippen molar-refractivity contribution in [2.24, 2.45) is 11.1 Å². The first-order valence-corrected chi connectivity index (χ1v) is 7.72. The Balaban J connectivity index is 2.92. The predicted molar refractivity (Wildman–Crippen MR) is 71.2 cm³/mol. The molecule has 1 aliphatic carbocycles. The summed E-state index contributed by atoms with van der Waals surface area (Å²) in [4.78, 5) is 2.15. The minimum Gasteiger partial charge on any atom is -0.306 e. The molecule has 0 saturated carbocycles. The number of nitrogens with zero attached hydrogens (tertiary/aromatic N) is 1. The van der Waals surface area contributed by atoms with Crippen LogP contribution in [-0.2, 0) is 10.0 Å². The minimum absolute atomic E-state index is 0.124. The Bertz CT molecular complexity index is 401. The van der Waals surface area contributed by atoms with E-state index in [2.05, 4.69) is 18.7 Å². The van der Waals surface area contributed by atoms with Crippen molar-refractivity contribution in [1.82, 2.24) is 4.90 Å². The van der Waals surface area contributed by atoms with E-state index in [1.807, 2.05) is 14.0 Å². The number of primary sulfonamides is 1. The highest BCUT2D eigenvalue weighted by molar-refractivity contribution is 7.89. The van der Waals surface area contributed by atoms with Crippen LogP contribution >= 0.6 is 0 Å². The van der Waals surface area contributed by atoms with Crippen LogP contribution in [0.1, 0.15) is 33.6 Å². The molecule has 5 heteroatoms. The summed E-state index contributed by atoms with van der Waals surface area (Å²) in [7, 11) is -1.43. The second-order valence-electron chi connectivity index (χ2n) is 5.21. The molecule has 0 aromatic rings. The number of nitrogens with two attached hydrogens (primary N) is 1. The molecule has 4 nitrogen and oxygen atoms in total. The van der Waals surface area contributed by atoms with E-state index in [-0.39, 0.29) is 5.92 Å². The van der Waals surface area contributed by atoms with E-state index in [0.717, 1.165) is 19.5 Å². The third kappa shape index (κ3) is 3.79. The van der Waals surface area contributed by atoms with Gasteiger partial charge >= 0.3 is 0 Å². The average Bonchev–Trinajstić information content (AvgIpc) is 2.21. The molecule has 17 heavy (non-hydrogen) atoms. The van der Waals surface area contributed by atoms with Crippen LogP contribution < -0.4 is 5.14 Å². The molecule has 2 atom stereocenters.